The molecule has 0 atom stereocenters. The van der Waals surface area contributed by atoms with Crippen LogP contribution in [-0.2, 0) is 19.1 Å². The summed E-state index contributed by atoms with van der Waals surface area (Å²) < 4.78 is 9.44. The molecule has 0 aliphatic heterocycles. The highest BCUT2D eigenvalue weighted by atomic mass is 16.5. The van der Waals surface area contributed by atoms with Crippen molar-refractivity contribution in [1.82, 2.24) is 0 Å². The molecular formula is C16H22O5. The molecule has 0 saturated heterocycles. The van der Waals surface area contributed by atoms with E-state index in [9.17, 15) is 9.59 Å². The lowest BCUT2D eigenvalue weighted by Gasteiger charge is -2.04. The van der Waals surface area contributed by atoms with Crippen LogP contribution >= 0.6 is 0 Å². The van der Waals surface area contributed by atoms with Gasteiger partial charge in [0.1, 0.15) is 0 Å². The lowest BCUT2D eigenvalue weighted by atomic mass is 10.2. The Kier molecular flexibility index (Phi) is 9.33. The Hall–Kier alpha value is -2.30. The molecule has 5 nitrogen and oxygen atoms in total. The predicted molar refractivity (Wildman–Crippen MR) is 80.6 cm³/mol. The number of carbonyl (C=O) groups excluding carboxylic acids is 1. The quantitative estimate of drug-likeness (QED) is 0.513. The van der Waals surface area contributed by atoms with E-state index in [1.54, 1.807) is 6.92 Å². The molecular weight excluding hydrogens is 272 g/mol. The topological polar surface area (TPSA) is 72.8 Å². The van der Waals surface area contributed by atoms with Crippen molar-refractivity contribution < 1.29 is 24.2 Å². The van der Waals surface area contributed by atoms with E-state index in [0.717, 1.165) is 5.56 Å². The van der Waals surface area contributed by atoms with Crippen LogP contribution in [0, 0.1) is 0 Å². The number of carboxylic acid groups (broad SMARTS) is 1. The highest BCUT2D eigenvalue weighted by Crippen LogP contribution is 2.06. The van der Waals surface area contributed by atoms with Crippen molar-refractivity contribution in [2.45, 2.75) is 33.3 Å². The average Bonchev–Trinajstić information content (AvgIpc) is 2.45. The first-order valence-electron chi connectivity index (χ1n) is 6.64. The summed E-state index contributed by atoms with van der Waals surface area (Å²) in [6.45, 7) is 5.46. The second-order valence-electron chi connectivity index (χ2n) is 4.32. The van der Waals surface area contributed by atoms with Crippen LogP contribution in [-0.4, -0.2) is 30.3 Å². The summed E-state index contributed by atoms with van der Waals surface area (Å²) in [5, 5.41) is 8.64. The van der Waals surface area contributed by atoms with Crippen LogP contribution in [0.2, 0.25) is 0 Å². The van der Waals surface area contributed by atoms with E-state index in [1.165, 1.54) is 13.2 Å². The summed E-state index contributed by atoms with van der Waals surface area (Å²) in [5.74, 6) is -1.25. The molecule has 1 aromatic rings. The minimum absolute atomic E-state index is 0.0300. The van der Waals surface area contributed by atoms with Crippen molar-refractivity contribution in [2.75, 3.05) is 7.11 Å². The maximum atomic E-state index is 10.5. The number of carboxylic acids is 1. The summed E-state index contributed by atoms with van der Waals surface area (Å²) in [5.41, 5.74) is 0.807. The van der Waals surface area contributed by atoms with Gasteiger partial charge in [-0.05, 0) is 25.5 Å². The highest BCUT2D eigenvalue weighted by molar-refractivity contribution is 5.89. The molecule has 21 heavy (non-hydrogen) atoms. The number of benzene rings is 1. The molecule has 0 fully saturated rings. The van der Waals surface area contributed by atoms with E-state index in [0.29, 0.717) is 6.42 Å². The Morgan fingerprint density at radius 3 is 2.14 bits per heavy atom. The second-order valence-corrected chi connectivity index (χ2v) is 4.32. The Morgan fingerprint density at radius 2 is 1.81 bits per heavy atom. The van der Waals surface area contributed by atoms with Crippen LogP contribution in [0.1, 0.15) is 32.8 Å². The smallest absolute Gasteiger partial charge is 0.371 e. The molecule has 0 bridgehead atoms. The minimum atomic E-state index is -1.06. The number of methoxy groups -OCH3 is 1. The summed E-state index contributed by atoms with van der Waals surface area (Å²) in [6.07, 6.45) is 1.97. The first-order valence-corrected chi connectivity index (χ1v) is 6.64. The molecule has 0 saturated carbocycles. The fraction of sp³-hybridized carbons (Fsp3) is 0.375. The minimum Gasteiger partial charge on any atom is -0.490 e. The van der Waals surface area contributed by atoms with E-state index < -0.39 is 5.97 Å². The van der Waals surface area contributed by atoms with Gasteiger partial charge in [0.05, 0.1) is 13.2 Å². The van der Waals surface area contributed by atoms with Crippen LogP contribution < -0.4 is 0 Å². The van der Waals surface area contributed by atoms with Gasteiger partial charge in [0.25, 0.3) is 0 Å². The van der Waals surface area contributed by atoms with Crippen LogP contribution in [0.3, 0.4) is 0 Å². The van der Waals surface area contributed by atoms with Gasteiger partial charge in [0.15, 0.2) is 0 Å². The standard InChI is InChI=1S/C10H10O3.C6H12O2/c1-13-9(10(11)12)7-8-5-3-2-4-6-8;1-4-6(7)8-5(2)3/h2-7H,1H3,(H,11,12);5H,4H2,1-3H3. The lowest BCUT2D eigenvalue weighted by molar-refractivity contribution is -0.147. The molecule has 116 valence electrons. The zero-order valence-electron chi connectivity index (χ0n) is 12.8. The molecule has 0 aromatic heterocycles. The molecule has 1 N–H and O–H groups in total. The van der Waals surface area contributed by atoms with Gasteiger partial charge in [0, 0.05) is 6.42 Å². The molecule has 1 rings (SSSR count). The van der Waals surface area contributed by atoms with E-state index in [-0.39, 0.29) is 17.8 Å². The number of rotatable bonds is 5. The molecule has 0 radical (unpaired) electrons. The Labute approximate surface area is 125 Å². The van der Waals surface area contributed by atoms with Crippen molar-refractivity contribution >= 4 is 18.0 Å². The van der Waals surface area contributed by atoms with Gasteiger partial charge >= 0.3 is 11.9 Å². The van der Waals surface area contributed by atoms with E-state index >= 15 is 0 Å². The zero-order valence-corrected chi connectivity index (χ0v) is 12.8. The fourth-order valence-electron chi connectivity index (χ4n) is 1.25. The average molecular weight is 294 g/mol. The van der Waals surface area contributed by atoms with Crippen molar-refractivity contribution in [3.8, 4) is 0 Å². The number of hydrogen-bond donors (Lipinski definition) is 1. The lowest BCUT2D eigenvalue weighted by Crippen LogP contribution is -2.09. The van der Waals surface area contributed by atoms with Crippen molar-refractivity contribution in [3.63, 3.8) is 0 Å². The van der Waals surface area contributed by atoms with Gasteiger partial charge < -0.3 is 14.6 Å². The maximum absolute atomic E-state index is 10.5. The van der Waals surface area contributed by atoms with E-state index in [4.69, 9.17) is 9.84 Å². The highest BCUT2D eigenvalue weighted by Gasteiger charge is 2.05. The Bertz CT molecular complexity index is 463. The molecule has 0 unspecified atom stereocenters. The molecule has 0 spiro atoms. The third-order valence-electron chi connectivity index (χ3n) is 2.18. The summed E-state index contributed by atoms with van der Waals surface area (Å²) in [4.78, 5) is 20.9. The van der Waals surface area contributed by atoms with Crippen LogP contribution in [0.4, 0.5) is 0 Å². The number of esters is 1. The Balaban J connectivity index is 0.000000433. The third kappa shape index (κ3) is 9.27. The molecule has 0 aliphatic carbocycles. The van der Waals surface area contributed by atoms with E-state index in [2.05, 4.69) is 4.74 Å². The summed E-state index contributed by atoms with van der Waals surface area (Å²) in [6, 6.07) is 9.15. The van der Waals surface area contributed by atoms with Crippen LogP contribution in [0.25, 0.3) is 6.08 Å². The predicted octanol–water partition coefficient (Wildman–Crippen LogP) is 3.11. The maximum Gasteiger partial charge on any atom is 0.371 e. The molecule has 5 heteroatoms. The fourth-order valence-corrected chi connectivity index (χ4v) is 1.25. The van der Waals surface area contributed by atoms with Crippen LogP contribution in [0.5, 0.6) is 0 Å². The van der Waals surface area contributed by atoms with Crippen molar-refractivity contribution in [2.24, 2.45) is 0 Å². The van der Waals surface area contributed by atoms with Gasteiger partial charge in [-0.25, -0.2) is 4.79 Å². The second kappa shape index (κ2) is 10.5. The third-order valence-corrected chi connectivity index (χ3v) is 2.18. The first kappa shape index (κ1) is 18.7. The zero-order chi connectivity index (χ0) is 16.3. The van der Waals surface area contributed by atoms with Gasteiger partial charge in [-0.2, -0.15) is 0 Å². The normalized spacial score (nSPS) is 10.4. The first-order chi connectivity index (χ1) is 9.90. The SMILES string of the molecule is CCC(=O)OC(C)C.COC(=Cc1ccccc1)C(=O)O. The van der Waals surface area contributed by atoms with Crippen LogP contribution in [0.15, 0.2) is 36.1 Å². The number of aliphatic carboxylic acids is 1. The van der Waals surface area contributed by atoms with Crippen molar-refractivity contribution in [3.05, 3.63) is 41.7 Å². The van der Waals surface area contributed by atoms with Gasteiger partial charge in [0.2, 0.25) is 5.76 Å². The molecule has 0 aliphatic rings. The molecule has 0 heterocycles. The summed E-state index contributed by atoms with van der Waals surface area (Å²) >= 11 is 0. The number of ether oxygens (including phenoxy) is 2. The van der Waals surface area contributed by atoms with Crippen molar-refractivity contribution in [1.29, 1.82) is 0 Å². The Morgan fingerprint density at radius 1 is 1.24 bits per heavy atom. The largest absolute Gasteiger partial charge is 0.490 e. The number of carbonyl (C=O) groups is 2. The molecule has 0 amide bonds. The van der Waals surface area contributed by atoms with Gasteiger partial charge in [-0.15, -0.1) is 0 Å². The monoisotopic (exact) mass is 294 g/mol. The number of hydrogen-bond acceptors (Lipinski definition) is 4. The van der Waals surface area contributed by atoms with Gasteiger partial charge in [-0.1, -0.05) is 37.3 Å². The van der Waals surface area contributed by atoms with Gasteiger partial charge in [-0.3, -0.25) is 4.79 Å². The molecule has 1 aromatic carbocycles. The van der Waals surface area contributed by atoms with E-state index in [1.807, 2.05) is 44.2 Å². The summed E-state index contributed by atoms with van der Waals surface area (Å²) in [7, 11) is 1.34.